The van der Waals surface area contributed by atoms with Crippen LogP contribution in [-0.2, 0) is 12.1 Å². The second kappa shape index (κ2) is 7.81. The van der Waals surface area contributed by atoms with Crippen LogP contribution in [0.4, 0.5) is 13.2 Å². The number of carbonyl (C=O) groups is 1. The first-order valence-electron chi connectivity index (χ1n) is 8.36. The third-order valence-corrected chi connectivity index (χ3v) is 4.44. The maximum Gasteiger partial charge on any atom is 0.251 e. The Balaban J connectivity index is 1.93. The van der Waals surface area contributed by atoms with Crippen LogP contribution in [0.3, 0.4) is 0 Å². The zero-order chi connectivity index (χ0) is 20.3. The molecule has 28 heavy (non-hydrogen) atoms. The Bertz CT molecular complexity index is 964. The zero-order valence-electron chi connectivity index (χ0n) is 14.8. The second-order valence-corrected chi connectivity index (χ2v) is 6.34. The Morgan fingerprint density at radius 3 is 2.46 bits per heavy atom. The molecule has 0 aliphatic carbocycles. The number of nitrogens with one attached hydrogen (secondary N) is 1. The molecule has 2 atom stereocenters. The number of benzene rings is 2. The van der Waals surface area contributed by atoms with Gasteiger partial charge in [-0.05, 0) is 37.3 Å². The van der Waals surface area contributed by atoms with Gasteiger partial charge in [-0.3, -0.25) is 4.79 Å². The average molecular weight is 390 g/mol. The highest BCUT2D eigenvalue weighted by atomic mass is 19.1. The van der Waals surface area contributed by atoms with Crippen molar-refractivity contribution in [2.45, 2.75) is 25.1 Å². The first-order chi connectivity index (χ1) is 13.3. The minimum Gasteiger partial charge on any atom is -0.381 e. The molecule has 0 fully saturated rings. The van der Waals surface area contributed by atoms with Gasteiger partial charge in [0.1, 0.15) is 35.7 Å². The molecular weight excluding hydrogens is 373 g/mol. The van der Waals surface area contributed by atoms with Gasteiger partial charge in [-0.15, -0.1) is 0 Å². The van der Waals surface area contributed by atoms with Gasteiger partial charge >= 0.3 is 0 Å². The standard InChI is InChI=1S/C19H17F3N4O2/c1-12(25-18(27)13-2-4-14(20)5-3-13)19(28,9-26-11-23-10-24-26)16-7-6-15(21)8-17(16)22/h2-8,10-12,28H,9H2,1H3,(H,25,27)/t12-,19?/m1/s1. The van der Waals surface area contributed by atoms with E-state index in [-0.39, 0.29) is 17.7 Å². The van der Waals surface area contributed by atoms with E-state index in [1.54, 1.807) is 0 Å². The van der Waals surface area contributed by atoms with Gasteiger partial charge in [-0.2, -0.15) is 5.10 Å². The molecule has 0 aliphatic heterocycles. The fourth-order valence-electron chi connectivity index (χ4n) is 2.86. The Kier molecular flexibility index (Phi) is 5.46. The number of nitrogens with zero attached hydrogens (tertiary/aromatic N) is 3. The molecule has 146 valence electrons. The van der Waals surface area contributed by atoms with E-state index in [1.165, 1.54) is 36.4 Å². The van der Waals surface area contributed by atoms with E-state index < -0.39 is 35.0 Å². The van der Waals surface area contributed by atoms with Gasteiger partial charge in [-0.1, -0.05) is 6.07 Å². The van der Waals surface area contributed by atoms with Crippen molar-refractivity contribution in [3.05, 3.63) is 83.7 Å². The summed E-state index contributed by atoms with van der Waals surface area (Å²) in [6, 6.07) is 6.58. The molecule has 0 spiro atoms. The summed E-state index contributed by atoms with van der Waals surface area (Å²) in [5.74, 6) is -2.86. The predicted molar refractivity (Wildman–Crippen MR) is 93.6 cm³/mol. The van der Waals surface area contributed by atoms with Gasteiger partial charge < -0.3 is 10.4 Å². The number of hydrogen-bond acceptors (Lipinski definition) is 4. The van der Waals surface area contributed by atoms with Crippen LogP contribution < -0.4 is 5.32 Å². The molecule has 0 saturated carbocycles. The summed E-state index contributed by atoms with van der Waals surface area (Å²) < 4.78 is 42.1. The van der Waals surface area contributed by atoms with Crippen LogP contribution in [0.2, 0.25) is 0 Å². The van der Waals surface area contributed by atoms with Crippen molar-refractivity contribution >= 4 is 5.91 Å². The monoisotopic (exact) mass is 390 g/mol. The Morgan fingerprint density at radius 1 is 1.18 bits per heavy atom. The molecule has 9 heteroatoms. The van der Waals surface area contributed by atoms with Gasteiger partial charge in [0, 0.05) is 17.2 Å². The highest BCUT2D eigenvalue weighted by Gasteiger charge is 2.40. The largest absolute Gasteiger partial charge is 0.381 e. The van der Waals surface area contributed by atoms with Gasteiger partial charge in [-0.25, -0.2) is 22.8 Å². The first-order valence-corrected chi connectivity index (χ1v) is 8.36. The lowest BCUT2D eigenvalue weighted by molar-refractivity contribution is -0.0186. The molecule has 2 aromatic carbocycles. The molecule has 0 saturated heterocycles. The summed E-state index contributed by atoms with van der Waals surface area (Å²) in [6.45, 7) is 1.22. The third-order valence-electron chi connectivity index (χ3n) is 4.44. The molecule has 1 amide bonds. The summed E-state index contributed by atoms with van der Waals surface area (Å²) in [4.78, 5) is 16.2. The Hall–Kier alpha value is -3.20. The van der Waals surface area contributed by atoms with Crippen LogP contribution in [0.15, 0.2) is 55.1 Å². The molecule has 3 rings (SSSR count). The van der Waals surface area contributed by atoms with Crippen molar-refractivity contribution in [3.63, 3.8) is 0 Å². The van der Waals surface area contributed by atoms with Crippen molar-refractivity contribution < 1.29 is 23.1 Å². The molecule has 0 radical (unpaired) electrons. The first kappa shape index (κ1) is 19.6. The number of aliphatic hydroxyl groups is 1. The molecule has 1 unspecified atom stereocenters. The smallest absolute Gasteiger partial charge is 0.251 e. The molecule has 2 N–H and O–H groups in total. The molecule has 0 bridgehead atoms. The van der Waals surface area contributed by atoms with Crippen molar-refractivity contribution in [2.24, 2.45) is 0 Å². The van der Waals surface area contributed by atoms with Crippen molar-refractivity contribution in [3.8, 4) is 0 Å². The van der Waals surface area contributed by atoms with Crippen molar-refractivity contribution in [2.75, 3.05) is 0 Å². The van der Waals surface area contributed by atoms with E-state index >= 15 is 0 Å². The summed E-state index contributed by atoms with van der Waals surface area (Å²) in [5, 5.41) is 17.8. The second-order valence-electron chi connectivity index (χ2n) is 6.34. The lowest BCUT2D eigenvalue weighted by Crippen LogP contribution is -2.51. The third kappa shape index (κ3) is 4.04. The molecular formula is C19H17F3N4O2. The fourth-order valence-corrected chi connectivity index (χ4v) is 2.86. The normalized spacial score (nSPS) is 14.3. The molecule has 1 heterocycles. The van der Waals surface area contributed by atoms with E-state index in [0.29, 0.717) is 6.07 Å². The molecule has 3 aromatic rings. The SMILES string of the molecule is C[C@@H](NC(=O)c1ccc(F)cc1)C(O)(Cn1cncn1)c1ccc(F)cc1F. The van der Waals surface area contributed by atoms with Crippen LogP contribution in [-0.4, -0.2) is 31.8 Å². The van der Waals surface area contributed by atoms with Crippen LogP contribution >= 0.6 is 0 Å². The molecule has 0 aliphatic rings. The van der Waals surface area contributed by atoms with Crippen molar-refractivity contribution in [1.29, 1.82) is 0 Å². The van der Waals surface area contributed by atoms with Crippen LogP contribution in [0.1, 0.15) is 22.8 Å². The summed E-state index contributed by atoms with van der Waals surface area (Å²) in [5.41, 5.74) is -2.02. The average Bonchev–Trinajstić information content (AvgIpc) is 3.14. The van der Waals surface area contributed by atoms with Gasteiger partial charge in [0.25, 0.3) is 5.91 Å². The predicted octanol–water partition coefficient (Wildman–Crippen LogP) is 2.40. The van der Waals surface area contributed by atoms with E-state index in [1.807, 2.05) is 0 Å². The van der Waals surface area contributed by atoms with Gasteiger partial charge in [0.05, 0.1) is 12.6 Å². The van der Waals surface area contributed by atoms with Gasteiger partial charge in [0.15, 0.2) is 0 Å². The van der Waals surface area contributed by atoms with E-state index in [2.05, 4.69) is 15.4 Å². The minimum atomic E-state index is -1.97. The van der Waals surface area contributed by atoms with E-state index in [0.717, 1.165) is 24.3 Å². The maximum atomic E-state index is 14.4. The number of aromatic nitrogens is 3. The lowest BCUT2D eigenvalue weighted by Gasteiger charge is -2.35. The minimum absolute atomic E-state index is 0.163. The zero-order valence-corrected chi connectivity index (χ0v) is 14.8. The highest BCUT2D eigenvalue weighted by molar-refractivity contribution is 5.94. The van der Waals surface area contributed by atoms with Crippen molar-refractivity contribution in [1.82, 2.24) is 20.1 Å². The number of hydrogen-bond donors (Lipinski definition) is 2. The number of rotatable bonds is 6. The quantitative estimate of drug-likeness (QED) is 0.678. The summed E-state index contributed by atoms with van der Waals surface area (Å²) in [7, 11) is 0. The molecule has 6 nitrogen and oxygen atoms in total. The highest BCUT2D eigenvalue weighted by Crippen LogP contribution is 2.30. The van der Waals surface area contributed by atoms with E-state index in [4.69, 9.17) is 0 Å². The number of halogens is 3. The Morgan fingerprint density at radius 2 is 1.86 bits per heavy atom. The summed E-state index contributed by atoms with van der Waals surface area (Å²) in [6.07, 6.45) is 2.56. The van der Waals surface area contributed by atoms with Crippen LogP contribution in [0.25, 0.3) is 0 Å². The fraction of sp³-hybridized carbons (Fsp3) is 0.211. The van der Waals surface area contributed by atoms with E-state index in [9.17, 15) is 23.1 Å². The number of carbonyl (C=O) groups excluding carboxylic acids is 1. The summed E-state index contributed by atoms with van der Waals surface area (Å²) >= 11 is 0. The van der Waals surface area contributed by atoms with Crippen LogP contribution in [0.5, 0.6) is 0 Å². The maximum absolute atomic E-state index is 14.4. The lowest BCUT2D eigenvalue weighted by atomic mass is 9.86. The molecule has 1 aromatic heterocycles. The van der Waals surface area contributed by atoms with Gasteiger partial charge in [0.2, 0.25) is 0 Å². The Labute approximate surface area is 158 Å². The van der Waals surface area contributed by atoms with Crippen LogP contribution in [0, 0.1) is 17.5 Å². The topological polar surface area (TPSA) is 80.0 Å². The number of amides is 1.